The van der Waals surface area contributed by atoms with E-state index in [9.17, 15) is 14.7 Å². The lowest BCUT2D eigenvalue weighted by molar-refractivity contribution is -0.167. The first-order valence-electron chi connectivity index (χ1n) is 7.89. The summed E-state index contributed by atoms with van der Waals surface area (Å²) in [4.78, 5) is 23.0. The van der Waals surface area contributed by atoms with Crippen LogP contribution in [0, 0.1) is 5.41 Å². The smallest absolute Gasteiger partial charge is 0.323 e. The molecule has 0 spiro atoms. The van der Waals surface area contributed by atoms with Crippen molar-refractivity contribution < 1.29 is 19.4 Å². The molecular formula is C16H30O4. The van der Waals surface area contributed by atoms with Crippen LogP contribution in [-0.2, 0) is 14.3 Å². The molecule has 0 rings (SSSR count). The molecule has 4 heteroatoms. The summed E-state index contributed by atoms with van der Waals surface area (Å²) < 4.78 is 4.87. The van der Waals surface area contributed by atoms with Gasteiger partial charge in [0, 0.05) is 0 Å². The predicted molar refractivity (Wildman–Crippen MR) is 79.6 cm³/mol. The SMILES string of the molecule is CCCCCCCCCCC(C)(C(=O)O)C(=O)OCC. The first-order valence-corrected chi connectivity index (χ1v) is 7.89. The minimum atomic E-state index is -1.39. The highest BCUT2D eigenvalue weighted by atomic mass is 16.5. The van der Waals surface area contributed by atoms with Gasteiger partial charge >= 0.3 is 11.9 Å². The Balaban J connectivity index is 3.93. The number of aliphatic carboxylic acids is 1. The molecule has 118 valence electrons. The molecule has 0 radical (unpaired) electrons. The molecular weight excluding hydrogens is 256 g/mol. The van der Waals surface area contributed by atoms with Crippen LogP contribution in [-0.4, -0.2) is 23.7 Å². The number of hydrogen-bond acceptors (Lipinski definition) is 3. The zero-order valence-electron chi connectivity index (χ0n) is 13.2. The Hall–Kier alpha value is -1.06. The Morgan fingerprint density at radius 1 is 0.950 bits per heavy atom. The van der Waals surface area contributed by atoms with Crippen molar-refractivity contribution in [3.8, 4) is 0 Å². The molecule has 0 saturated carbocycles. The van der Waals surface area contributed by atoms with Crippen LogP contribution in [0.1, 0.15) is 78.6 Å². The predicted octanol–water partition coefficient (Wildman–Crippen LogP) is 4.17. The molecule has 1 atom stereocenters. The number of carbonyl (C=O) groups is 2. The Morgan fingerprint density at radius 2 is 1.45 bits per heavy atom. The summed E-state index contributed by atoms with van der Waals surface area (Å²) in [7, 11) is 0. The highest BCUT2D eigenvalue weighted by Gasteiger charge is 2.42. The van der Waals surface area contributed by atoms with E-state index in [1.807, 2.05) is 0 Å². The van der Waals surface area contributed by atoms with Crippen LogP contribution in [0.25, 0.3) is 0 Å². The summed E-state index contributed by atoms with van der Waals surface area (Å²) in [5.74, 6) is -1.70. The van der Waals surface area contributed by atoms with Gasteiger partial charge in [-0.05, 0) is 20.3 Å². The van der Waals surface area contributed by atoms with E-state index in [4.69, 9.17) is 4.74 Å². The van der Waals surface area contributed by atoms with Crippen molar-refractivity contribution in [2.24, 2.45) is 5.41 Å². The van der Waals surface area contributed by atoms with Crippen LogP contribution in [0.5, 0.6) is 0 Å². The van der Waals surface area contributed by atoms with Crippen molar-refractivity contribution in [2.75, 3.05) is 6.61 Å². The Bertz CT molecular complexity index is 288. The minimum Gasteiger partial charge on any atom is -0.480 e. The molecule has 0 aliphatic heterocycles. The van der Waals surface area contributed by atoms with Gasteiger partial charge in [0.15, 0.2) is 5.41 Å². The van der Waals surface area contributed by atoms with E-state index in [1.165, 1.54) is 39.0 Å². The van der Waals surface area contributed by atoms with Crippen LogP contribution in [0.3, 0.4) is 0 Å². The van der Waals surface area contributed by atoms with Crippen molar-refractivity contribution in [3.63, 3.8) is 0 Å². The molecule has 0 aromatic rings. The lowest BCUT2D eigenvalue weighted by Gasteiger charge is -2.22. The van der Waals surface area contributed by atoms with Crippen LogP contribution < -0.4 is 0 Å². The second kappa shape index (κ2) is 10.7. The van der Waals surface area contributed by atoms with Gasteiger partial charge in [0.25, 0.3) is 0 Å². The standard InChI is InChI=1S/C16H30O4/c1-4-6-7-8-9-10-11-12-13-16(3,14(17)18)15(19)20-5-2/h4-13H2,1-3H3,(H,17,18). The molecule has 0 aromatic carbocycles. The highest BCUT2D eigenvalue weighted by molar-refractivity contribution is 5.98. The van der Waals surface area contributed by atoms with Crippen molar-refractivity contribution in [3.05, 3.63) is 0 Å². The van der Waals surface area contributed by atoms with Gasteiger partial charge < -0.3 is 9.84 Å². The Morgan fingerprint density at radius 3 is 1.90 bits per heavy atom. The normalized spacial score (nSPS) is 13.8. The van der Waals surface area contributed by atoms with Crippen molar-refractivity contribution >= 4 is 11.9 Å². The fraction of sp³-hybridized carbons (Fsp3) is 0.875. The zero-order valence-corrected chi connectivity index (χ0v) is 13.2. The van der Waals surface area contributed by atoms with Crippen molar-refractivity contribution in [1.29, 1.82) is 0 Å². The number of esters is 1. The van der Waals surface area contributed by atoms with Gasteiger partial charge in [-0.15, -0.1) is 0 Å². The fourth-order valence-electron chi connectivity index (χ4n) is 2.20. The number of rotatable bonds is 12. The van der Waals surface area contributed by atoms with Gasteiger partial charge in [0.05, 0.1) is 6.61 Å². The second-order valence-corrected chi connectivity index (χ2v) is 5.58. The maximum Gasteiger partial charge on any atom is 0.323 e. The monoisotopic (exact) mass is 286 g/mol. The molecule has 1 unspecified atom stereocenters. The van der Waals surface area contributed by atoms with Crippen molar-refractivity contribution in [1.82, 2.24) is 0 Å². The summed E-state index contributed by atoms with van der Waals surface area (Å²) in [6.45, 7) is 5.58. The third-order valence-electron chi connectivity index (χ3n) is 3.73. The molecule has 0 heterocycles. The number of unbranched alkanes of at least 4 members (excludes halogenated alkanes) is 7. The van der Waals surface area contributed by atoms with E-state index in [-0.39, 0.29) is 6.61 Å². The molecule has 0 aliphatic carbocycles. The minimum absolute atomic E-state index is 0.221. The molecule has 20 heavy (non-hydrogen) atoms. The highest BCUT2D eigenvalue weighted by Crippen LogP contribution is 2.27. The van der Waals surface area contributed by atoms with Gasteiger partial charge in [-0.3, -0.25) is 9.59 Å². The largest absolute Gasteiger partial charge is 0.480 e. The van der Waals surface area contributed by atoms with Crippen molar-refractivity contribution in [2.45, 2.75) is 78.6 Å². The third kappa shape index (κ3) is 6.92. The average molecular weight is 286 g/mol. The maximum absolute atomic E-state index is 11.7. The third-order valence-corrected chi connectivity index (χ3v) is 3.73. The molecule has 0 aromatic heterocycles. The molecule has 0 saturated heterocycles. The second-order valence-electron chi connectivity index (χ2n) is 5.58. The zero-order chi connectivity index (χ0) is 15.4. The summed E-state index contributed by atoms with van der Waals surface area (Å²) in [5, 5.41) is 9.23. The van der Waals surface area contributed by atoms with E-state index < -0.39 is 17.4 Å². The van der Waals surface area contributed by atoms with E-state index in [2.05, 4.69) is 6.92 Å². The summed E-state index contributed by atoms with van der Waals surface area (Å²) in [6, 6.07) is 0. The van der Waals surface area contributed by atoms with E-state index in [1.54, 1.807) is 6.92 Å². The van der Waals surface area contributed by atoms with Crippen LogP contribution >= 0.6 is 0 Å². The fourth-order valence-corrected chi connectivity index (χ4v) is 2.20. The van der Waals surface area contributed by atoms with Gasteiger partial charge in [0.2, 0.25) is 0 Å². The first-order chi connectivity index (χ1) is 9.49. The first kappa shape index (κ1) is 18.9. The number of carboxylic acid groups (broad SMARTS) is 1. The molecule has 1 N–H and O–H groups in total. The van der Waals surface area contributed by atoms with Gasteiger partial charge in [-0.1, -0.05) is 58.3 Å². The molecule has 0 bridgehead atoms. The average Bonchev–Trinajstić information content (AvgIpc) is 2.41. The summed E-state index contributed by atoms with van der Waals surface area (Å²) >= 11 is 0. The lowest BCUT2D eigenvalue weighted by Crippen LogP contribution is -2.38. The molecule has 0 aliphatic rings. The van der Waals surface area contributed by atoms with E-state index in [0.29, 0.717) is 6.42 Å². The van der Waals surface area contributed by atoms with Gasteiger partial charge in [-0.25, -0.2) is 0 Å². The molecule has 4 nitrogen and oxygen atoms in total. The molecule has 0 amide bonds. The number of hydrogen-bond donors (Lipinski definition) is 1. The molecule has 0 fully saturated rings. The Kier molecular flexibility index (Phi) is 10.1. The quantitative estimate of drug-likeness (QED) is 0.332. The van der Waals surface area contributed by atoms with E-state index >= 15 is 0 Å². The number of carboxylic acids is 1. The lowest BCUT2D eigenvalue weighted by atomic mass is 9.84. The van der Waals surface area contributed by atoms with Gasteiger partial charge in [-0.2, -0.15) is 0 Å². The van der Waals surface area contributed by atoms with E-state index in [0.717, 1.165) is 19.3 Å². The Labute approximate surface area is 122 Å². The number of carbonyl (C=O) groups excluding carboxylic acids is 1. The van der Waals surface area contributed by atoms with Crippen LogP contribution in [0.15, 0.2) is 0 Å². The summed E-state index contributed by atoms with van der Waals surface area (Å²) in [6.07, 6.45) is 9.48. The van der Waals surface area contributed by atoms with Crippen LogP contribution in [0.2, 0.25) is 0 Å². The topological polar surface area (TPSA) is 63.6 Å². The number of ether oxygens (including phenoxy) is 1. The maximum atomic E-state index is 11.7. The van der Waals surface area contributed by atoms with Crippen LogP contribution in [0.4, 0.5) is 0 Å². The summed E-state index contributed by atoms with van der Waals surface area (Å²) in [5.41, 5.74) is -1.39. The van der Waals surface area contributed by atoms with Gasteiger partial charge in [0.1, 0.15) is 0 Å².